The van der Waals surface area contributed by atoms with Crippen molar-refractivity contribution in [3.8, 4) is 6.01 Å². The van der Waals surface area contributed by atoms with Crippen LogP contribution in [0.4, 0.5) is 14.6 Å². The molecule has 184 valence electrons. The van der Waals surface area contributed by atoms with Gasteiger partial charge in [0.2, 0.25) is 0 Å². The number of ether oxygens (including phenoxy) is 1. The van der Waals surface area contributed by atoms with Crippen molar-refractivity contribution in [1.29, 1.82) is 0 Å². The van der Waals surface area contributed by atoms with Gasteiger partial charge < -0.3 is 14.7 Å². The number of piperazine rings is 1. The van der Waals surface area contributed by atoms with Crippen LogP contribution in [0.1, 0.15) is 32.1 Å². The molecule has 1 aromatic carbocycles. The van der Waals surface area contributed by atoms with Crippen LogP contribution in [-0.4, -0.2) is 94.6 Å². The van der Waals surface area contributed by atoms with Gasteiger partial charge in [-0.25, -0.2) is 8.78 Å². The van der Waals surface area contributed by atoms with Crippen molar-refractivity contribution in [1.82, 2.24) is 19.8 Å². The maximum absolute atomic E-state index is 15.2. The summed E-state index contributed by atoms with van der Waals surface area (Å²) in [4.78, 5) is 16.0. The van der Waals surface area contributed by atoms with Crippen molar-refractivity contribution >= 4 is 32.7 Å². The Kier molecular flexibility index (Phi) is 5.90. The summed E-state index contributed by atoms with van der Waals surface area (Å²) in [5, 5.41) is 10.1. The monoisotopic (exact) mass is 537 g/mol. The molecule has 6 rings (SSSR count). The zero-order valence-electron chi connectivity index (χ0n) is 19.1. The molecular formula is C24H30BrF2N5O2. The number of aliphatic hydroxyl groups excluding tert-OH is 1. The first-order chi connectivity index (χ1) is 16.5. The molecule has 10 heteroatoms. The second kappa shape index (κ2) is 8.80. The fraction of sp³-hybridized carbons (Fsp3) is 0.667. The molecule has 7 nitrogen and oxygen atoms in total. The molecule has 2 unspecified atom stereocenters. The summed E-state index contributed by atoms with van der Waals surface area (Å²) in [6, 6.07) is 4.37. The number of nitrogens with zero attached hydrogens (tertiary/aromatic N) is 5. The SMILES string of the molecule is OCCN1C2CCC1CN(c1nc(OC[C@@]34CCCN3C[C@H](F)C4)nc3c(F)c(Br)ccc13)C2. The standard InChI is InChI=1S/C24H30BrF2N5O2/c25-19-5-4-18-21(20(19)27)28-23(34-14-24-6-1-7-31(24)11-15(26)10-24)29-22(18)30-12-16-2-3-17(13-30)32(16)8-9-33/h4-5,15-17,33H,1-3,6-14H2/t15-,16?,17?,24+/m1/s1. The molecule has 0 saturated carbocycles. The number of aliphatic hydroxyl groups is 1. The van der Waals surface area contributed by atoms with Gasteiger partial charge in [-0.3, -0.25) is 9.80 Å². The van der Waals surface area contributed by atoms with Crippen molar-refractivity contribution < 1.29 is 18.6 Å². The Morgan fingerprint density at radius 2 is 1.97 bits per heavy atom. The van der Waals surface area contributed by atoms with Crippen LogP contribution in [0.15, 0.2) is 16.6 Å². The van der Waals surface area contributed by atoms with E-state index >= 15 is 4.39 Å². The van der Waals surface area contributed by atoms with Crippen LogP contribution >= 0.6 is 15.9 Å². The number of hydrogen-bond donors (Lipinski definition) is 1. The van der Waals surface area contributed by atoms with Gasteiger partial charge in [-0.1, -0.05) is 0 Å². The van der Waals surface area contributed by atoms with E-state index in [9.17, 15) is 9.50 Å². The van der Waals surface area contributed by atoms with E-state index in [1.807, 2.05) is 6.07 Å². The maximum Gasteiger partial charge on any atom is 0.319 e. The average Bonchev–Trinajstić information content (AvgIpc) is 3.41. The molecule has 4 fully saturated rings. The number of aromatic nitrogens is 2. The molecule has 4 aliphatic heterocycles. The van der Waals surface area contributed by atoms with Crippen molar-refractivity contribution in [2.45, 2.75) is 55.9 Å². The Morgan fingerprint density at radius 3 is 2.74 bits per heavy atom. The number of alkyl halides is 1. The second-order valence-corrected chi connectivity index (χ2v) is 11.1. The first-order valence-corrected chi connectivity index (χ1v) is 13.1. The molecule has 4 aliphatic rings. The zero-order chi connectivity index (χ0) is 23.4. The summed E-state index contributed by atoms with van der Waals surface area (Å²) in [6.07, 6.45) is 3.71. The predicted octanol–water partition coefficient (Wildman–Crippen LogP) is 3.13. The van der Waals surface area contributed by atoms with E-state index in [4.69, 9.17) is 9.72 Å². The highest BCUT2D eigenvalue weighted by Crippen LogP contribution is 2.41. The summed E-state index contributed by atoms with van der Waals surface area (Å²) in [6.45, 7) is 4.01. The minimum absolute atomic E-state index is 0.146. The van der Waals surface area contributed by atoms with Gasteiger partial charge in [0.1, 0.15) is 24.1 Å². The first kappa shape index (κ1) is 22.8. The largest absolute Gasteiger partial charge is 0.461 e. The van der Waals surface area contributed by atoms with Crippen molar-refractivity contribution in [2.75, 3.05) is 50.8 Å². The van der Waals surface area contributed by atoms with Crippen LogP contribution in [0.3, 0.4) is 0 Å². The topological polar surface area (TPSA) is 65.0 Å². The van der Waals surface area contributed by atoms with Gasteiger partial charge in [0.15, 0.2) is 5.82 Å². The Morgan fingerprint density at radius 1 is 1.18 bits per heavy atom. The van der Waals surface area contributed by atoms with E-state index in [1.165, 1.54) is 0 Å². The lowest BCUT2D eigenvalue weighted by molar-refractivity contribution is 0.107. The molecule has 1 N–H and O–H groups in total. The lowest BCUT2D eigenvalue weighted by atomic mass is 9.95. The Hall–Kier alpha value is -1.62. The summed E-state index contributed by atoms with van der Waals surface area (Å²) in [5.41, 5.74) is -0.0852. The van der Waals surface area contributed by atoms with Crippen LogP contribution < -0.4 is 9.64 Å². The van der Waals surface area contributed by atoms with Crippen molar-refractivity contribution in [2.24, 2.45) is 0 Å². The first-order valence-electron chi connectivity index (χ1n) is 12.3. The smallest absolute Gasteiger partial charge is 0.319 e. The number of hydrogen-bond acceptors (Lipinski definition) is 7. The number of fused-ring (bicyclic) bond motifs is 4. The normalized spacial score (nSPS) is 31.5. The molecule has 0 spiro atoms. The predicted molar refractivity (Wildman–Crippen MR) is 129 cm³/mol. The number of anilines is 1. The van der Waals surface area contributed by atoms with Gasteiger partial charge in [-0.15, -0.1) is 0 Å². The van der Waals surface area contributed by atoms with E-state index in [0.29, 0.717) is 53.9 Å². The lowest BCUT2D eigenvalue weighted by Crippen LogP contribution is -2.54. The highest BCUT2D eigenvalue weighted by Gasteiger charge is 2.49. The third kappa shape index (κ3) is 3.77. The van der Waals surface area contributed by atoms with Gasteiger partial charge in [-0.05, 0) is 60.3 Å². The number of benzene rings is 1. The second-order valence-electron chi connectivity index (χ2n) is 10.2. The molecule has 34 heavy (non-hydrogen) atoms. The van der Waals surface area contributed by atoms with Crippen LogP contribution in [-0.2, 0) is 0 Å². The summed E-state index contributed by atoms with van der Waals surface area (Å²) in [5.74, 6) is 0.251. The fourth-order valence-corrected chi connectivity index (χ4v) is 7.02. The molecular weight excluding hydrogens is 508 g/mol. The van der Waals surface area contributed by atoms with E-state index < -0.39 is 12.0 Å². The van der Waals surface area contributed by atoms with Crippen LogP contribution in [0.25, 0.3) is 10.9 Å². The summed E-state index contributed by atoms with van der Waals surface area (Å²) in [7, 11) is 0. The molecule has 1 aromatic heterocycles. The van der Waals surface area contributed by atoms with E-state index in [1.54, 1.807) is 6.07 Å². The van der Waals surface area contributed by atoms with Crippen molar-refractivity contribution in [3.63, 3.8) is 0 Å². The Bertz CT molecular complexity index is 1080. The third-order valence-corrected chi connectivity index (χ3v) is 8.85. The lowest BCUT2D eigenvalue weighted by Gasteiger charge is -2.41. The van der Waals surface area contributed by atoms with E-state index in [0.717, 1.165) is 45.3 Å². The molecule has 0 radical (unpaired) electrons. The third-order valence-electron chi connectivity index (χ3n) is 8.24. The number of halogens is 3. The van der Waals surface area contributed by atoms with Crippen LogP contribution in [0, 0.1) is 5.82 Å². The molecule has 4 atom stereocenters. The van der Waals surface area contributed by atoms with Gasteiger partial charge in [0.05, 0.1) is 16.6 Å². The number of rotatable bonds is 6. The van der Waals surface area contributed by atoms with Crippen molar-refractivity contribution in [3.05, 3.63) is 22.4 Å². The molecule has 0 amide bonds. The van der Waals surface area contributed by atoms with Gasteiger partial charge in [-0.2, -0.15) is 9.97 Å². The molecule has 2 bridgehead atoms. The van der Waals surface area contributed by atoms with Gasteiger partial charge >= 0.3 is 6.01 Å². The zero-order valence-corrected chi connectivity index (χ0v) is 20.7. The average molecular weight is 538 g/mol. The van der Waals surface area contributed by atoms with Crippen LogP contribution in [0.2, 0.25) is 0 Å². The summed E-state index contributed by atoms with van der Waals surface area (Å²) < 4.78 is 35.8. The van der Waals surface area contributed by atoms with E-state index in [-0.39, 0.29) is 23.7 Å². The summed E-state index contributed by atoms with van der Waals surface area (Å²) >= 11 is 3.28. The van der Waals surface area contributed by atoms with Crippen LogP contribution in [0.5, 0.6) is 6.01 Å². The Labute approximate surface area is 206 Å². The minimum atomic E-state index is -0.837. The quantitative estimate of drug-likeness (QED) is 0.607. The molecule has 2 aromatic rings. The fourth-order valence-electron chi connectivity index (χ4n) is 6.70. The maximum atomic E-state index is 15.2. The minimum Gasteiger partial charge on any atom is -0.461 e. The van der Waals surface area contributed by atoms with Gasteiger partial charge in [0.25, 0.3) is 0 Å². The highest BCUT2D eigenvalue weighted by atomic mass is 79.9. The Balaban J connectivity index is 1.33. The molecule has 4 saturated heterocycles. The highest BCUT2D eigenvalue weighted by molar-refractivity contribution is 9.10. The molecule has 0 aliphatic carbocycles. The van der Waals surface area contributed by atoms with Gasteiger partial charge in [0, 0.05) is 50.1 Å². The van der Waals surface area contributed by atoms with E-state index in [2.05, 4.69) is 35.6 Å². The molecule has 5 heterocycles.